The molecule has 6 heteroatoms. The molecule has 1 spiro atoms. The molecule has 2 heterocycles. The molecule has 0 unspecified atom stereocenters. The first kappa shape index (κ1) is 28.8. The van der Waals surface area contributed by atoms with Crippen molar-refractivity contribution in [2.24, 2.45) is 11.3 Å². The second-order valence-corrected chi connectivity index (χ2v) is 14.6. The summed E-state index contributed by atoms with van der Waals surface area (Å²) in [5.74, 6) is 0.717. The van der Waals surface area contributed by atoms with Crippen molar-refractivity contribution in [2.75, 3.05) is 13.2 Å². The van der Waals surface area contributed by atoms with Gasteiger partial charge in [-0.25, -0.2) is 0 Å². The molecule has 2 aliphatic carbocycles. The van der Waals surface area contributed by atoms with Crippen LogP contribution in [-0.2, 0) is 22.2 Å². The number of carboxylic acid groups (broad SMARTS) is 1. The van der Waals surface area contributed by atoms with Crippen LogP contribution < -0.4 is 10.1 Å². The predicted octanol–water partition coefficient (Wildman–Crippen LogP) is 7.39. The van der Waals surface area contributed by atoms with E-state index < -0.39 is 11.4 Å². The normalized spacial score (nSPS) is 18.8. The van der Waals surface area contributed by atoms with Gasteiger partial charge in [-0.05, 0) is 79.5 Å². The molecule has 1 aromatic heterocycles. The number of ether oxygens (including phenoxy) is 1. The summed E-state index contributed by atoms with van der Waals surface area (Å²) >= 11 is 0. The number of hydrogen-bond donors (Lipinski definition) is 2. The largest absolute Gasteiger partial charge is 0.493 e. The van der Waals surface area contributed by atoms with Crippen LogP contribution in [0.25, 0.3) is 11.3 Å². The molecule has 6 nitrogen and oxygen atoms in total. The van der Waals surface area contributed by atoms with E-state index in [0.717, 1.165) is 36.7 Å². The number of hydrogen-bond acceptors (Lipinski definition) is 3. The third-order valence-corrected chi connectivity index (χ3v) is 9.58. The first-order valence-electron chi connectivity index (χ1n) is 15.3. The Hall–Kier alpha value is -2.76. The lowest BCUT2D eigenvalue weighted by atomic mass is 9.79. The molecule has 1 aliphatic heterocycles. The van der Waals surface area contributed by atoms with Crippen LogP contribution in [0.5, 0.6) is 5.75 Å². The van der Waals surface area contributed by atoms with Gasteiger partial charge >= 0.3 is 5.97 Å². The Balaban J connectivity index is 1.57. The first-order chi connectivity index (χ1) is 18.8. The number of fused-ring (bicyclic) bond motifs is 2. The maximum atomic E-state index is 13.6. The lowest BCUT2D eigenvalue weighted by Gasteiger charge is -2.33. The van der Waals surface area contributed by atoms with Gasteiger partial charge < -0.3 is 19.7 Å². The van der Waals surface area contributed by atoms with Gasteiger partial charge in [0.05, 0.1) is 18.6 Å². The van der Waals surface area contributed by atoms with Crippen LogP contribution in [0.3, 0.4) is 0 Å². The number of aliphatic carboxylic acids is 1. The number of nitrogens with zero attached hydrogens (tertiary/aromatic N) is 1. The van der Waals surface area contributed by atoms with Crippen molar-refractivity contribution >= 4 is 11.9 Å². The second kappa shape index (κ2) is 10.6. The summed E-state index contributed by atoms with van der Waals surface area (Å²) in [6, 6.07) is 6.75. The predicted molar refractivity (Wildman–Crippen MR) is 159 cm³/mol. The molecule has 218 valence electrons. The van der Waals surface area contributed by atoms with Crippen molar-refractivity contribution in [2.45, 2.75) is 117 Å². The molecule has 40 heavy (non-hydrogen) atoms. The molecule has 5 rings (SSSR count). The van der Waals surface area contributed by atoms with E-state index in [-0.39, 0.29) is 23.2 Å². The van der Waals surface area contributed by atoms with Gasteiger partial charge in [0, 0.05) is 41.0 Å². The monoisotopic (exact) mass is 548 g/mol. The zero-order valence-corrected chi connectivity index (χ0v) is 25.4. The maximum Gasteiger partial charge on any atom is 0.303 e. The van der Waals surface area contributed by atoms with Gasteiger partial charge in [0.1, 0.15) is 5.75 Å². The Morgan fingerprint density at radius 2 is 1.75 bits per heavy atom. The minimum absolute atomic E-state index is 0.00866. The lowest BCUT2D eigenvalue weighted by molar-refractivity contribution is -0.139. The van der Waals surface area contributed by atoms with Gasteiger partial charge in [-0.15, -0.1) is 0 Å². The molecule has 1 amide bonds. The molecule has 2 N–H and O–H groups in total. The highest BCUT2D eigenvalue weighted by Crippen LogP contribution is 2.58. The summed E-state index contributed by atoms with van der Waals surface area (Å²) in [5.41, 5.74) is 6.19. The topological polar surface area (TPSA) is 80.6 Å². The standard InChI is InChI=1S/C34H48N2O4/c1-22-25(31(39)35-21-33(5,6)19-29(37)38)18-28(36(22)20-23-10-8-7-9-11-23)24-16-26(32(2,3)4)30-27(17-24)34(12-13-34)14-15-40-30/h16-18,23H,7-15,19-21H2,1-6H3,(H,35,39)(H,37,38). The fraction of sp³-hybridized carbons (Fsp3) is 0.647. The van der Waals surface area contributed by atoms with Crippen LogP contribution in [0.15, 0.2) is 18.2 Å². The maximum absolute atomic E-state index is 13.6. The van der Waals surface area contributed by atoms with E-state index in [1.165, 1.54) is 61.6 Å². The van der Waals surface area contributed by atoms with Crippen molar-refractivity contribution in [1.82, 2.24) is 9.88 Å². The second-order valence-electron chi connectivity index (χ2n) is 14.6. The highest BCUT2D eigenvalue weighted by Gasteiger charge is 2.49. The number of carbonyl (C=O) groups excluding carboxylic acids is 1. The fourth-order valence-electron chi connectivity index (χ4n) is 6.90. The zero-order chi connectivity index (χ0) is 28.9. The Labute approximate surface area is 239 Å². The average molecular weight is 549 g/mol. The summed E-state index contributed by atoms with van der Waals surface area (Å²) < 4.78 is 8.74. The first-order valence-corrected chi connectivity index (χ1v) is 15.3. The van der Waals surface area contributed by atoms with Crippen LogP contribution in [0.1, 0.15) is 120 Å². The zero-order valence-electron chi connectivity index (χ0n) is 25.4. The summed E-state index contributed by atoms with van der Waals surface area (Å²) in [6.07, 6.45) is 9.86. The Bertz CT molecular complexity index is 1270. The average Bonchev–Trinajstić information content (AvgIpc) is 3.58. The summed E-state index contributed by atoms with van der Waals surface area (Å²) in [6.45, 7) is 14.6. The van der Waals surface area contributed by atoms with Crippen LogP contribution in [0, 0.1) is 18.3 Å². The van der Waals surface area contributed by atoms with E-state index in [9.17, 15) is 14.7 Å². The molecule has 0 saturated heterocycles. The van der Waals surface area contributed by atoms with Gasteiger partial charge in [0.25, 0.3) is 5.91 Å². The molecule has 0 atom stereocenters. The Morgan fingerprint density at radius 3 is 2.38 bits per heavy atom. The minimum atomic E-state index is -0.851. The van der Waals surface area contributed by atoms with E-state index >= 15 is 0 Å². The van der Waals surface area contributed by atoms with E-state index in [4.69, 9.17) is 4.74 Å². The minimum Gasteiger partial charge on any atom is -0.493 e. The summed E-state index contributed by atoms with van der Waals surface area (Å²) in [5, 5.41) is 12.3. The number of rotatable bonds is 8. The van der Waals surface area contributed by atoms with Crippen molar-refractivity contribution < 1.29 is 19.4 Å². The summed E-state index contributed by atoms with van der Waals surface area (Å²) in [4.78, 5) is 24.9. The van der Waals surface area contributed by atoms with Crippen LogP contribution >= 0.6 is 0 Å². The number of nitrogens with one attached hydrogen (secondary N) is 1. The number of carbonyl (C=O) groups is 2. The Kier molecular flexibility index (Phi) is 7.60. The lowest BCUT2D eigenvalue weighted by Crippen LogP contribution is -2.35. The van der Waals surface area contributed by atoms with E-state index in [2.05, 4.69) is 55.8 Å². The van der Waals surface area contributed by atoms with E-state index in [1.807, 2.05) is 13.8 Å². The van der Waals surface area contributed by atoms with Gasteiger partial charge in [0.15, 0.2) is 0 Å². The van der Waals surface area contributed by atoms with Crippen molar-refractivity contribution in [3.8, 4) is 17.0 Å². The molecule has 2 saturated carbocycles. The smallest absolute Gasteiger partial charge is 0.303 e. The molecule has 2 fully saturated rings. The fourth-order valence-corrected chi connectivity index (χ4v) is 6.90. The number of aromatic nitrogens is 1. The van der Waals surface area contributed by atoms with Gasteiger partial charge in [-0.1, -0.05) is 53.9 Å². The number of amides is 1. The quantitative estimate of drug-likeness (QED) is 0.360. The van der Waals surface area contributed by atoms with Gasteiger partial charge in [0.2, 0.25) is 0 Å². The van der Waals surface area contributed by atoms with Crippen LogP contribution in [0.4, 0.5) is 0 Å². The number of benzene rings is 1. The third-order valence-electron chi connectivity index (χ3n) is 9.58. The molecule has 3 aliphatic rings. The molecular weight excluding hydrogens is 500 g/mol. The molecule has 2 aromatic rings. The molecule has 0 radical (unpaired) electrons. The molecular formula is C34H48N2O4. The van der Waals surface area contributed by atoms with Crippen LogP contribution in [0.2, 0.25) is 0 Å². The highest BCUT2D eigenvalue weighted by atomic mass is 16.5. The van der Waals surface area contributed by atoms with Crippen molar-refractivity contribution in [1.29, 1.82) is 0 Å². The van der Waals surface area contributed by atoms with E-state index in [0.29, 0.717) is 18.0 Å². The van der Waals surface area contributed by atoms with E-state index in [1.54, 1.807) is 0 Å². The highest BCUT2D eigenvalue weighted by molar-refractivity contribution is 5.97. The van der Waals surface area contributed by atoms with Crippen molar-refractivity contribution in [3.05, 3.63) is 40.6 Å². The van der Waals surface area contributed by atoms with Crippen LogP contribution in [-0.4, -0.2) is 34.7 Å². The van der Waals surface area contributed by atoms with Gasteiger partial charge in [-0.2, -0.15) is 0 Å². The van der Waals surface area contributed by atoms with Crippen molar-refractivity contribution in [3.63, 3.8) is 0 Å². The third kappa shape index (κ3) is 5.82. The summed E-state index contributed by atoms with van der Waals surface area (Å²) in [7, 11) is 0. The molecule has 1 aromatic carbocycles. The Morgan fingerprint density at radius 1 is 1.05 bits per heavy atom. The SMILES string of the molecule is Cc1c(C(=O)NCC(C)(C)CC(=O)O)cc(-c2cc(C(C)(C)C)c3c(c2)C2(CCO3)CC2)n1CC1CCCCC1. The number of carboxylic acids is 1. The molecule has 0 bridgehead atoms. The van der Waals surface area contributed by atoms with Gasteiger partial charge in [-0.3, -0.25) is 9.59 Å².